The molecule has 0 spiro atoms. The first kappa shape index (κ1) is 16.7. The summed E-state index contributed by atoms with van der Waals surface area (Å²) in [6.45, 7) is 3.04. The Hall–Kier alpha value is -2.74. The van der Waals surface area contributed by atoms with Crippen LogP contribution in [0, 0.1) is 0 Å². The van der Waals surface area contributed by atoms with Crippen molar-refractivity contribution in [2.24, 2.45) is 0 Å². The second-order valence-corrected chi connectivity index (χ2v) is 7.07. The van der Waals surface area contributed by atoms with Crippen LogP contribution >= 0.6 is 0 Å². The van der Waals surface area contributed by atoms with Crippen molar-refractivity contribution in [1.29, 1.82) is 0 Å². The molecule has 0 saturated carbocycles. The molecule has 0 unspecified atom stereocenters. The third-order valence-electron chi connectivity index (χ3n) is 5.47. The molecule has 1 aliphatic rings. The Morgan fingerprint density at radius 1 is 0.923 bits per heavy atom. The first-order valence-corrected chi connectivity index (χ1v) is 9.47. The van der Waals surface area contributed by atoms with Gasteiger partial charge < -0.3 is 10.4 Å². The fourth-order valence-electron chi connectivity index (χ4n) is 4.29. The van der Waals surface area contributed by atoms with Gasteiger partial charge in [0, 0.05) is 18.2 Å². The molecule has 4 rings (SSSR count). The average molecular weight is 343 g/mol. The van der Waals surface area contributed by atoms with E-state index in [0.717, 1.165) is 25.1 Å². The number of nitrogens with one attached hydrogen (secondary N) is 1. The number of anilines is 1. The molecule has 0 bridgehead atoms. The number of aromatic hydroxyl groups is 1. The van der Waals surface area contributed by atoms with Crippen molar-refractivity contribution in [3.8, 4) is 5.75 Å². The number of aryl methyl sites for hydroxylation is 1. The summed E-state index contributed by atoms with van der Waals surface area (Å²) in [6, 6.07) is 25.6. The lowest BCUT2D eigenvalue weighted by Crippen LogP contribution is -2.20. The second-order valence-electron chi connectivity index (χ2n) is 7.07. The molecule has 0 saturated heterocycles. The molecule has 3 aromatic carbocycles. The van der Waals surface area contributed by atoms with Crippen molar-refractivity contribution >= 4 is 5.69 Å². The Bertz CT molecular complexity index is 870. The van der Waals surface area contributed by atoms with Crippen molar-refractivity contribution in [3.63, 3.8) is 0 Å². The molecule has 0 radical (unpaired) electrons. The Kier molecular flexibility index (Phi) is 4.66. The van der Waals surface area contributed by atoms with Crippen LogP contribution in [-0.2, 0) is 6.42 Å². The van der Waals surface area contributed by atoms with E-state index in [2.05, 4.69) is 72.9 Å². The molecular formula is C24H25NO. The maximum absolute atomic E-state index is 9.92. The molecule has 2 N–H and O–H groups in total. The number of benzene rings is 3. The summed E-state index contributed by atoms with van der Waals surface area (Å²) in [6.07, 6.45) is 2.11. The zero-order chi connectivity index (χ0) is 17.9. The van der Waals surface area contributed by atoms with E-state index in [1.54, 1.807) is 0 Å². The summed E-state index contributed by atoms with van der Waals surface area (Å²) in [4.78, 5) is 0. The van der Waals surface area contributed by atoms with Gasteiger partial charge in [0.05, 0.1) is 0 Å². The lowest BCUT2D eigenvalue weighted by atomic mass is 9.69. The molecule has 3 aromatic rings. The molecule has 2 atom stereocenters. The van der Waals surface area contributed by atoms with Gasteiger partial charge in [-0.1, -0.05) is 48.5 Å². The van der Waals surface area contributed by atoms with Gasteiger partial charge in [0.2, 0.25) is 0 Å². The van der Waals surface area contributed by atoms with Crippen LogP contribution < -0.4 is 5.32 Å². The molecule has 0 fully saturated rings. The van der Waals surface area contributed by atoms with E-state index in [9.17, 15) is 5.11 Å². The van der Waals surface area contributed by atoms with Gasteiger partial charge in [-0.2, -0.15) is 0 Å². The minimum absolute atomic E-state index is 0.317. The molecule has 132 valence electrons. The van der Waals surface area contributed by atoms with E-state index in [1.807, 2.05) is 12.1 Å². The van der Waals surface area contributed by atoms with Crippen molar-refractivity contribution in [3.05, 3.63) is 95.1 Å². The van der Waals surface area contributed by atoms with Crippen LogP contribution in [-0.4, -0.2) is 11.7 Å². The normalized spacial score (nSPS) is 19.0. The fraction of sp³-hybridized carbons (Fsp3) is 0.250. The number of rotatable bonds is 4. The number of hydrogen-bond acceptors (Lipinski definition) is 2. The van der Waals surface area contributed by atoms with Gasteiger partial charge in [-0.25, -0.2) is 0 Å². The molecule has 2 nitrogen and oxygen atoms in total. The number of fused-ring (bicyclic) bond motifs is 1. The van der Waals surface area contributed by atoms with Gasteiger partial charge in [0.1, 0.15) is 5.75 Å². The van der Waals surface area contributed by atoms with Crippen LogP contribution in [0.4, 0.5) is 5.69 Å². The summed E-state index contributed by atoms with van der Waals surface area (Å²) in [5, 5.41) is 13.3. The van der Waals surface area contributed by atoms with Gasteiger partial charge in [0.15, 0.2) is 0 Å². The molecule has 0 aromatic heterocycles. The standard InChI is InChI=1S/C24H25NO/c1-2-25-20-11-8-18(9-12-20)24-22(17-6-4-3-5-7-17)14-10-19-16-21(26)13-15-23(19)24/h3-9,11-13,15-16,22,24-26H,2,10,14H2,1H3/t22-,24+/m1/s1. The van der Waals surface area contributed by atoms with E-state index in [0.29, 0.717) is 17.6 Å². The molecule has 26 heavy (non-hydrogen) atoms. The summed E-state index contributed by atoms with van der Waals surface area (Å²) >= 11 is 0. The highest BCUT2D eigenvalue weighted by Crippen LogP contribution is 2.46. The van der Waals surface area contributed by atoms with Crippen LogP contribution in [0.15, 0.2) is 72.8 Å². The Labute approximate surface area is 155 Å². The summed E-state index contributed by atoms with van der Waals surface area (Å²) in [5.41, 5.74) is 6.52. The van der Waals surface area contributed by atoms with Gasteiger partial charge in [-0.05, 0) is 72.2 Å². The summed E-state index contributed by atoms with van der Waals surface area (Å²) < 4.78 is 0. The molecule has 0 aliphatic heterocycles. The Morgan fingerprint density at radius 2 is 1.69 bits per heavy atom. The van der Waals surface area contributed by atoms with Gasteiger partial charge in [0.25, 0.3) is 0 Å². The molecule has 0 amide bonds. The number of phenolic OH excluding ortho intramolecular Hbond substituents is 1. The number of phenols is 1. The minimum Gasteiger partial charge on any atom is -0.508 e. The molecule has 2 heteroatoms. The predicted molar refractivity (Wildman–Crippen MR) is 108 cm³/mol. The van der Waals surface area contributed by atoms with Crippen molar-refractivity contribution < 1.29 is 5.11 Å². The monoisotopic (exact) mass is 343 g/mol. The predicted octanol–water partition coefficient (Wildman–Crippen LogP) is 5.69. The second kappa shape index (κ2) is 7.25. The molecular weight excluding hydrogens is 318 g/mol. The molecule has 1 aliphatic carbocycles. The first-order chi connectivity index (χ1) is 12.8. The van der Waals surface area contributed by atoms with E-state index < -0.39 is 0 Å². The first-order valence-electron chi connectivity index (χ1n) is 9.47. The average Bonchev–Trinajstić information content (AvgIpc) is 2.68. The Balaban J connectivity index is 1.79. The number of hydrogen-bond donors (Lipinski definition) is 2. The van der Waals surface area contributed by atoms with Crippen LogP contribution in [0.2, 0.25) is 0 Å². The maximum Gasteiger partial charge on any atom is 0.115 e. The van der Waals surface area contributed by atoms with E-state index in [4.69, 9.17) is 0 Å². The van der Waals surface area contributed by atoms with E-state index >= 15 is 0 Å². The minimum atomic E-state index is 0.317. The quantitative estimate of drug-likeness (QED) is 0.638. The zero-order valence-corrected chi connectivity index (χ0v) is 15.2. The molecule has 0 heterocycles. The smallest absolute Gasteiger partial charge is 0.115 e. The lowest BCUT2D eigenvalue weighted by Gasteiger charge is -2.35. The largest absolute Gasteiger partial charge is 0.508 e. The van der Waals surface area contributed by atoms with Crippen LogP contribution in [0.25, 0.3) is 0 Å². The third-order valence-corrected chi connectivity index (χ3v) is 5.47. The van der Waals surface area contributed by atoms with Crippen LogP contribution in [0.1, 0.15) is 47.4 Å². The van der Waals surface area contributed by atoms with Gasteiger partial charge >= 0.3 is 0 Å². The summed E-state index contributed by atoms with van der Waals surface area (Å²) in [5.74, 6) is 1.14. The SMILES string of the molecule is CCNc1ccc([C@@H]2c3ccc(O)cc3CC[C@@H]2c2ccccc2)cc1. The third kappa shape index (κ3) is 3.20. The van der Waals surface area contributed by atoms with Crippen LogP contribution in [0.5, 0.6) is 5.75 Å². The van der Waals surface area contributed by atoms with Crippen molar-refractivity contribution in [1.82, 2.24) is 0 Å². The lowest BCUT2D eigenvalue weighted by molar-refractivity contribution is 0.469. The van der Waals surface area contributed by atoms with E-state index in [1.165, 1.54) is 22.3 Å². The highest BCUT2D eigenvalue weighted by molar-refractivity contribution is 5.51. The topological polar surface area (TPSA) is 32.3 Å². The summed E-state index contributed by atoms with van der Waals surface area (Å²) in [7, 11) is 0. The van der Waals surface area contributed by atoms with Crippen molar-refractivity contribution in [2.45, 2.75) is 31.6 Å². The van der Waals surface area contributed by atoms with E-state index in [-0.39, 0.29) is 0 Å². The Morgan fingerprint density at radius 3 is 2.42 bits per heavy atom. The maximum atomic E-state index is 9.92. The van der Waals surface area contributed by atoms with Crippen LogP contribution in [0.3, 0.4) is 0 Å². The highest BCUT2D eigenvalue weighted by Gasteiger charge is 2.32. The van der Waals surface area contributed by atoms with Crippen molar-refractivity contribution in [2.75, 3.05) is 11.9 Å². The zero-order valence-electron chi connectivity index (χ0n) is 15.2. The van der Waals surface area contributed by atoms with Gasteiger partial charge in [-0.3, -0.25) is 0 Å². The van der Waals surface area contributed by atoms with Gasteiger partial charge in [-0.15, -0.1) is 0 Å². The fourth-order valence-corrected chi connectivity index (χ4v) is 4.29. The highest BCUT2D eigenvalue weighted by atomic mass is 16.3.